The lowest BCUT2D eigenvalue weighted by molar-refractivity contribution is 0.517. The van der Waals surface area contributed by atoms with Crippen LogP contribution in [0.4, 0.5) is 0 Å². The summed E-state index contributed by atoms with van der Waals surface area (Å²) in [6.07, 6.45) is 5.91. The molecule has 2 aromatic rings. The Labute approximate surface area is 120 Å². The fraction of sp³-hybridized carbons (Fsp3) is 0.462. The number of hydrogen-bond donors (Lipinski definition) is 1. The van der Waals surface area contributed by atoms with Gasteiger partial charge in [0.25, 0.3) is 0 Å². The maximum absolute atomic E-state index is 4.42. The van der Waals surface area contributed by atoms with E-state index in [-0.39, 0.29) is 0 Å². The van der Waals surface area contributed by atoms with Crippen LogP contribution in [0.1, 0.15) is 30.1 Å². The Morgan fingerprint density at radius 2 is 2.39 bits per heavy atom. The highest BCUT2D eigenvalue weighted by molar-refractivity contribution is 9.10. The molecule has 0 saturated heterocycles. The first-order valence-electron chi connectivity index (χ1n) is 6.14. The summed E-state index contributed by atoms with van der Waals surface area (Å²) in [7, 11) is 2.04. The Balaban J connectivity index is 2.15. The van der Waals surface area contributed by atoms with Crippen LogP contribution in [0.3, 0.4) is 0 Å². The van der Waals surface area contributed by atoms with Gasteiger partial charge < -0.3 is 9.88 Å². The summed E-state index contributed by atoms with van der Waals surface area (Å²) in [4.78, 5) is 5.77. The standard InChI is InChI=1S/C13H18BrN3S/c1-3-5-15-11(13-10(14)4-8-18-13)9-12-16-6-7-17(12)2/h4,6-8,11,15H,3,5,9H2,1-2H3. The van der Waals surface area contributed by atoms with Crippen LogP contribution in [0.25, 0.3) is 0 Å². The highest BCUT2D eigenvalue weighted by atomic mass is 79.9. The molecule has 2 aromatic heterocycles. The van der Waals surface area contributed by atoms with E-state index in [0.717, 1.165) is 25.2 Å². The van der Waals surface area contributed by atoms with Crippen molar-refractivity contribution in [3.8, 4) is 0 Å². The van der Waals surface area contributed by atoms with Crippen LogP contribution in [-0.4, -0.2) is 16.1 Å². The number of nitrogens with zero attached hydrogens (tertiary/aromatic N) is 2. The third kappa shape index (κ3) is 3.22. The average Bonchev–Trinajstić information content (AvgIpc) is 2.94. The molecule has 2 rings (SSSR count). The highest BCUT2D eigenvalue weighted by Crippen LogP contribution is 2.30. The Morgan fingerprint density at radius 1 is 1.56 bits per heavy atom. The van der Waals surface area contributed by atoms with Crippen LogP contribution in [0, 0.1) is 0 Å². The van der Waals surface area contributed by atoms with Gasteiger partial charge in [0, 0.05) is 41.3 Å². The van der Waals surface area contributed by atoms with Crippen molar-refractivity contribution >= 4 is 27.3 Å². The van der Waals surface area contributed by atoms with Gasteiger partial charge in [-0.2, -0.15) is 0 Å². The van der Waals surface area contributed by atoms with E-state index in [4.69, 9.17) is 0 Å². The summed E-state index contributed by atoms with van der Waals surface area (Å²) >= 11 is 5.41. The number of halogens is 1. The van der Waals surface area contributed by atoms with Gasteiger partial charge >= 0.3 is 0 Å². The molecule has 0 bridgehead atoms. The minimum atomic E-state index is 0.334. The quantitative estimate of drug-likeness (QED) is 0.879. The minimum Gasteiger partial charge on any atom is -0.338 e. The van der Waals surface area contributed by atoms with Crippen LogP contribution < -0.4 is 5.32 Å². The molecule has 1 unspecified atom stereocenters. The molecule has 1 atom stereocenters. The molecule has 3 nitrogen and oxygen atoms in total. The van der Waals surface area contributed by atoms with Crippen LogP contribution in [-0.2, 0) is 13.5 Å². The van der Waals surface area contributed by atoms with E-state index in [1.807, 2.05) is 19.4 Å². The Hall–Kier alpha value is -0.650. The predicted molar refractivity (Wildman–Crippen MR) is 80.0 cm³/mol. The molecular formula is C13H18BrN3S. The lowest BCUT2D eigenvalue weighted by atomic mass is 10.1. The Morgan fingerprint density at radius 3 is 2.94 bits per heavy atom. The van der Waals surface area contributed by atoms with Crippen molar-refractivity contribution in [1.82, 2.24) is 14.9 Å². The lowest BCUT2D eigenvalue weighted by Gasteiger charge is -2.17. The predicted octanol–water partition coefficient (Wildman–Crippen LogP) is 3.53. The SMILES string of the molecule is CCCNC(Cc1nccn1C)c1sccc1Br. The molecule has 0 amide bonds. The molecule has 1 N–H and O–H groups in total. The molecule has 0 saturated carbocycles. The van der Waals surface area contributed by atoms with Crippen LogP contribution in [0.2, 0.25) is 0 Å². The topological polar surface area (TPSA) is 29.9 Å². The average molecular weight is 328 g/mol. The number of hydrogen-bond acceptors (Lipinski definition) is 3. The molecule has 0 aliphatic rings. The van der Waals surface area contributed by atoms with Gasteiger partial charge in [-0.15, -0.1) is 11.3 Å². The third-order valence-corrected chi connectivity index (χ3v) is 4.89. The second-order valence-corrected chi connectivity index (χ2v) is 6.10. The largest absolute Gasteiger partial charge is 0.338 e. The fourth-order valence-electron chi connectivity index (χ4n) is 1.91. The molecule has 5 heteroatoms. The van der Waals surface area contributed by atoms with Crippen molar-refractivity contribution in [1.29, 1.82) is 0 Å². The summed E-state index contributed by atoms with van der Waals surface area (Å²) in [5.41, 5.74) is 0. The molecule has 0 spiro atoms. The van der Waals surface area contributed by atoms with Crippen LogP contribution in [0.15, 0.2) is 28.3 Å². The lowest BCUT2D eigenvalue weighted by Crippen LogP contribution is -2.24. The number of nitrogens with one attached hydrogen (secondary N) is 1. The molecule has 0 aliphatic carbocycles. The van der Waals surface area contributed by atoms with Crippen molar-refractivity contribution in [2.75, 3.05) is 6.54 Å². The van der Waals surface area contributed by atoms with Crippen molar-refractivity contribution in [3.05, 3.63) is 39.0 Å². The summed E-state index contributed by atoms with van der Waals surface area (Å²) in [5, 5.41) is 5.73. The molecule has 2 heterocycles. The maximum atomic E-state index is 4.42. The van der Waals surface area contributed by atoms with E-state index in [1.165, 1.54) is 9.35 Å². The van der Waals surface area contributed by atoms with Crippen molar-refractivity contribution in [2.24, 2.45) is 7.05 Å². The first-order chi connectivity index (χ1) is 8.72. The number of imidazole rings is 1. The zero-order valence-electron chi connectivity index (χ0n) is 10.7. The molecule has 98 valence electrons. The second-order valence-electron chi connectivity index (χ2n) is 4.30. The molecule has 0 radical (unpaired) electrons. The van der Waals surface area contributed by atoms with Gasteiger partial charge in [0.15, 0.2) is 0 Å². The molecule has 18 heavy (non-hydrogen) atoms. The van der Waals surface area contributed by atoms with E-state index in [2.05, 4.69) is 49.2 Å². The summed E-state index contributed by atoms with van der Waals surface area (Å²) in [5.74, 6) is 1.11. The van der Waals surface area contributed by atoms with Gasteiger partial charge in [0.05, 0.1) is 0 Å². The number of thiophene rings is 1. The van der Waals surface area contributed by atoms with E-state index in [0.29, 0.717) is 6.04 Å². The van der Waals surface area contributed by atoms with Crippen molar-refractivity contribution in [2.45, 2.75) is 25.8 Å². The zero-order valence-corrected chi connectivity index (χ0v) is 13.1. The molecule has 0 aromatic carbocycles. The number of aryl methyl sites for hydroxylation is 1. The number of rotatable bonds is 6. The smallest absolute Gasteiger partial charge is 0.110 e. The van der Waals surface area contributed by atoms with Crippen molar-refractivity contribution in [3.63, 3.8) is 0 Å². The maximum Gasteiger partial charge on any atom is 0.110 e. The first-order valence-corrected chi connectivity index (χ1v) is 7.82. The van der Waals surface area contributed by atoms with Gasteiger partial charge in [0.2, 0.25) is 0 Å². The summed E-state index contributed by atoms with van der Waals surface area (Å²) in [6.45, 7) is 3.22. The molecule has 0 fully saturated rings. The Bertz CT molecular complexity index is 492. The van der Waals surface area contributed by atoms with Gasteiger partial charge in [0.1, 0.15) is 5.82 Å². The van der Waals surface area contributed by atoms with E-state index in [9.17, 15) is 0 Å². The van der Waals surface area contributed by atoms with Gasteiger partial charge in [-0.25, -0.2) is 4.98 Å². The van der Waals surface area contributed by atoms with Gasteiger partial charge in [-0.1, -0.05) is 6.92 Å². The molecule has 0 aliphatic heterocycles. The van der Waals surface area contributed by atoms with Crippen molar-refractivity contribution < 1.29 is 0 Å². The summed E-state index contributed by atoms with van der Waals surface area (Å²) in [6, 6.07) is 2.44. The fourth-order valence-corrected chi connectivity index (χ4v) is 3.63. The van der Waals surface area contributed by atoms with E-state index >= 15 is 0 Å². The number of aromatic nitrogens is 2. The minimum absolute atomic E-state index is 0.334. The zero-order chi connectivity index (χ0) is 13.0. The first kappa shape index (κ1) is 13.8. The van der Waals surface area contributed by atoms with Crippen LogP contribution in [0.5, 0.6) is 0 Å². The molecular weight excluding hydrogens is 310 g/mol. The van der Waals surface area contributed by atoms with E-state index < -0.39 is 0 Å². The van der Waals surface area contributed by atoms with Crippen LogP contribution >= 0.6 is 27.3 Å². The normalized spacial score (nSPS) is 12.8. The Kier molecular flexibility index (Phi) is 4.97. The summed E-state index contributed by atoms with van der Waals surface area (Å²) < 4.78 is 3.28. The van der Waals surface area contributed by atoms with E-state index in [1.54, 1.807) is 11.3 Å². The van der Waals surface area contributed by atoms with Gasteiger partial charge in [-0.3, -0.25) is 0 Å². The monoisotopic (exact) mass is 327 g/mol. The van der Waals surface area contributed by atoms with Gasteiger partial charge in [-0.05, 0) is 40.3 Å². The second kappa shape index (κ2) is 6.50. The third-order valence-electron chi connectivity index (χ3n) is 2.91. The highest BCUT2D eigenvalue weighted by Gasteiger charge is 2.17.